The van der Waals surface area contributed by atoms with Crippen molar-refractivity contribution in [1.82, 2.24) is 0 Å². The van der Waals surface area contributed by atoms with Crippen molar-refractivity contribution in [2.75, 3.05) is 7.11 Å². The van der Waals surface area contributed by atoms with E-state index in [-0.39, 0.29) is 64.6 Å². The number of carboxylic acids is 1. The molecule has 0 bridgehead atoms. The Labute approximate surface area is 398 Å². The maximum Gasteiger partial charge on any atom is 0.416 e. The molecule has 71 heavy (non-hydrogen) atoms. The van der Waals surface area contributed by atoms with Gasteiger partial charge in [0.1, 0.15) is 0 Å². The Hall–Kier alpha value is -7.05. The standard InChI is InChI=1S/C30H28F6O4.C22H14F6O3/c1-40-27(38)7-5-3-2-4-6-25(37)12-8-19-9-13-26-21(14-19)10-11-22(28(26)39)15-20-16-23(29(31,32)33)18-24(17-20)30(34,35)36;23-21(24,25)16-9-13(10-17(11-16)22(26,27)28)8-15-4-3-14-7-12(2-6-19(29)30)1-5-18(14)20(15)31/h8-9,12-18H,2-7,10-11H2,1H3;1-2,5-11H,3-4H2,(H,29,30)/b12-8+,22-15+;6-2+,15-8+. The lowest BCUT2D eigenvalue weighted by Gasteiger charge is -2.19. The van der Waals surface area contributed by atoms with Gasteiger partial charge in [-0.1, -0.05) is 55.3 Å². The van der Waals surface area contributed by atoms with Crippen molar-refractivity contribution in [3.8, 4) is 0 Å². The first-order valence-corrected chi connectivity index (χ1v) is 21.7. The number of unbranched alkanes of at least 4 members (excludes halogenated alkanes) is 3. The fourth-order valence-electron chi connectivity index (χ4n) is 7.67. The summed E-state index contributed by atoms with van der Waals surface area (Å²) in [6.45, 7) is 0. The Morgan fingerprint density at radius 3 is 1.25 bits per heavy atom. The summed E-state index contributed by atoms with van der Waals surface area (Å²) in [5, 5.41) is 8.68. The van der Waals surface area contributed by atoms with E-state index < -0.39 is 64.5 Å². The van der Waals surface area contributed by atoms with Gasteiger partial charge in [-0.3, -0.25) is 19.2 Å². The molecule has 0 saturated heterocycles. The van der Waals surface area contributed by atoms with Gasteiger partial charge in [0.25, 0.3) is 0 Å². The first-order valence-electron chi connectivity index (χ1n) is 21.7. The molecule has 0 spiro atoms. The number of ether oxygens (including phenoxy) is 1. The lowest BCUT2D eigenvalue weighted by molar-refractivity contribution is -0.144. The average Bonchev–Trinajstić information content (AvgIpc) is 3.29. The molecule has 0 fully saturated rings. The van der Waals surface area contributed by atoms with Gasteiger partial charge in [0.15, 0.2) is 17.3 Å². The van der Waals surface area contributed by atoms with Crippen LogP contribution in [0.1, 0.15) is 128 Å². The summed E-state index contributed by atoms with van der Waals surface area (Å²) < 4.78 is 162. The maximum absolute atomic E-state index is 13.2. The first kappa shape index (κ1) is 54.9. The molecule has 0 amide bonds. The molecule has 0 saturated carbocycles. The number of Topliss-reactive ketones (excluding diaryl/α,β-unsaturated/α-hetero) is 2. The number of halogens is 12. The Kier molecular flexibility index (Phi) is 17.6. The van der Waals surface area contributed by atoms with Crippen molar-refractivity contribution in [3.05, 3.63) is 163 Å². The third-order valence-electron chi connectivity index (χ3n) is 11.2. The molecule has 0 heterocycles. The molecule has 0 unspecified atom stereocenters. The second kappa shape index (κ2) is 22.8. The van der Waals surface area contributed by atoms with E-state index in [4.69, 9.17) is 5.11 Å². The van der Waals surface area contributed by atoms with Crippen LogP contribution in [0.5, 0.6) is 0 Å². The predicted octanol–water partition coefficient (Wildman–Crippen LogP) is 14.1. The van der Waals surface area contributed by atoms with E-state index in [2.05, 4.69) is 4.74 Å². The zero-order chi connectivity index (χ0) is 52.5. The van der Waals surface area contributed by atoms with Crippen LogP contribution in [0, 0.1) is 0 Å². The molecule has 0 atom stereocenters. The van der Waals surface area contributed by atoms with Crippen LogP contribution in [0.2, 0.25) is 0 Å². The number of aliphatic carboxylic acids is 1. The second-order valence-electron chi connectivity index (χ2n) is 16.5. The SMILES string of the molecule is COC(=O)CCCCCCC(=O)/C=C/c1ccc2c(c1)CC/C(=C\c1cc(C(F)(F)F)cc(C(F)(F)F)c1)C2=O.O=C(O)/C=C/c1ccc2c(c1)CC/C(=C\c1cc(C(F)(F)F)cc(C(F)(F)F)c1)C2=O. The number of carboxylic acid groups (broad SMARTS) is 1. The third-order valence-corrected chi connectivity index (χ3v) is 11.2. The van der Waals surface area contributed by atoms with Gasteiger partial charge in [-0.05, 0) is 133 Å². The Morgan fingerprint density at radius 1 is 0.507 bits per heavy atom. The fourth-order valence-corrected chi connectivity index (χ4v) is 7.67. The van der Waals surface area contributed by atoms with Crippen LogP contribution >= 0.6 is 0 Å². The minimum absolute atomic E-state index is 0.0339. The summed E-state index contributed by atoms with van der Waals surface area (Å²) >= 11 is 0. The molecule has 7 nitrogen and oxygen atoms in total. The largest absolute Gasteiger partial charge is 0.478 e. The van der Waals surface area contributed by atoms with Crippen molar-refractivity contribution >= 4 is 53.6 Å². The number of allylic oxidation sites excluding steroid dienone is 3. The molecule has 6 rings (SSSR count). The highest BCUT2D eigenvalue weighted by Gasteiger charge is 2.38. The number of aryl methyl sites for hydroxylation is 2. The van der Waals surface area contributed by atoms with Crippen LogP contribution in [-0.2, 0) is 56.7 Å². The zero-order valence-electron chi connectivity index (χ0n) is 37.4. The number of methoxy groups -OCH3 is 1. The highest BCUT2D eigenvalue weighted by Crippen LogP contribution is 2.39. The highest BCUT2D eigenvalue weighted by molar-refractivity contribution is 6.14. The summed E-state index contributed by atoms with van der Waals surface area (Å²) in [7, 11) is 1.34. The van der Waals surface area contributed by atoms with Gasteiger partial charge in [-0.2, -0.15) is 52.7 Å². The highest BCUT2D eigenvalue weighted by atomic mass is 19.4. The quantitative estimate of drug-likeness (QED) is 0.0614. The van der Waals surface area contributed by atoms with Crippen molar-refractivity contribution < 1.29 is 86.5 Å². The number of fused-ring (bicyclic) bond motifs is 2. The number of hydrogen-bond donors (Lipinski definition) is 1. The van der Waals surface area contributed by atoms with Crippen LogP contribution in [0.4, 0.5) is 52.7 Å². The number of carbonyl (C=O) groups is 5. The van der Waals surface area contributed by atoms with E-state index in [1.165, 1.54) is 31.4 Å². The molecule has 4 aromatic carbocycles. The second-order valence-corrected chi connectivity index (χ2v) is 16.5. The molecule has 2 aliphatic carbocycles. The Morgan fingerprint density at radius 2 is 0.887 bits per heavy atom. The summed E-state index contributed by atoms with van der Waals surface area (Å²) in [5.41, 5.74) is -3.16. The number of esters is 1. The van der Waals surface area contributed by atoms with E-state index in [1.807, 2.05) is 0 Å². The average molecular weight is 1010 g/mol. The molecule has 2 aliphatic rings. The van der Waals surface area contributed by atoms with Gasteiger partial charge in [-0.25, -0.2) is 4.79 Å². The molecule has 0 radical (unpaired) electrons. The van der Waals surface area contributed by atoms with Crippen molar-refractivity contribution in [3.63, 3.8) is 0 Å². The number of benzene rings is 4. The molecule has 376 valence electrons. The van der Waals surface area contributed by atoms with E-state index in [0.29, 0.717) is 90.6 Å². The molecular weight excluding hydrogens is 965 g/mol. The summed E-state index contributed by atoms with van der Waals surface area (Å²) in [6, 6.07) is 11.9. The Balaban J connectivity index is 0.000000272. The Bertz CT molecular complexity index is 2740. The molecule has 1 N–H and O–H groups in total. The van der Waals surface area contributed by atoms with Crippen molar-refractivity contribution in [2.45, 2.75) is 88.9 Å². The van der Waals surface area contributed by atoms with Crippen LogP contribution in [0.15, 0.2) is 96.1 Å². The summed E-state index contributed by atoms with van der Waals surface area (Å²) in [5.74, 6) is -2.43. The van der Waals surface area contributed by atoms with Gasteiger partial charge < -0.3 is 9.84 Å². The fraction of sp³-hybridized carbons (Fsp3) is 0.288. The van der Waals surface area contributed by atoms with Gasteiger partial charge in [0.05, 0.1) is 29.4 Å². The molecule has 19 heteroatoms. The number of ketones is 3. The molecule has 4 aromatic rings. The predicted molar refractivity (Wildman–Crippen MR) is 237 cm³/mol. The van der Waals surface area contributed by atoms with Gasteiger partial charge in [0.2, 0.25) is 0 Å². The third kappa shape index (κ3) is 15.7. The first-order chi connectivity index (χ1) is 33.1. The van der Waals surface area contributed by atoms with E-state index in [0.717, 1.165) is 31.1 Å². The van der Waals surface area contributed by atoms with Gasteiger partial charge in [-0.15, -0.1) is 0 Å². The smallest absolute Gasteiger partial charge is 0.416 e. The maximum atomic E-state index is 13.2. The van der Waals surface area contributed by atoms with Crippen LogP contribution in [0.3, 0.4) is 0 Å². The molecular formula is C52H42F12O7. The van der Waals surface area contributed by atoms with E-state index >= 15 is 0 Å². The topological polar surface area (TPSA) is 115 Å². The molecule has 0 aromatic heterocycles. The molecule has 0 aliphatic heterocycles. The van der Waals surface area contributed by atoms with E-state index in [1.54, 1.807) is 30.3 Å². The lowest BCUT2D eigenvalue weighted by Crippen LogP contribution is -2.15. The normalized spacial score (nSPS) is 15.5. The number of hydrogen-bond acceptors (Lipinski definition) is 6. The van der Waals surface area contributed by atoms with Gasteiger partial charge in [0, 0.05) is 41.2 Å². The number of rotatable bonds is 13. The van der Waals surface area contributed by atoms with Crippen LogP contribution < -0.4 is 0 Å². The van der Waals surface area contributed by atoms with Crippen molar-refractivity contribution in [1.29, 1.82) is 0 Å². The monoisotopic (exact) mass is 1010 g/mol. The zero-order valence-corrected chi connectivity index (χ0v) is 37.4. The van der Waals surface area contributed by atoms with Crippen LogP contribution in [0.25, 0.3) is 24.3 Å². The van der Waals surface area contributed by atoms with Crippen molar-refractivity contribution in [2.24, 2.45) is 0 Å². The number of alkyl halides is 12. The summed E-state index contributed by atoms with van der Waals surface area (Å²) in [4.78, 5) is 59.6. The number of carbonyl (C=O) groups excluding carboxylic acids is 4. The minimum atomic E-state index is -4.98. The minimum Gasteiger partial charge on any atom is -0.478 e. The summed E-state index contributed by atoms with van der Waals surface area (Å²) in [6.07, 6.45) is -7.71. The van der Waals surface area contributed by atoms with Crippen LogP contribution in [-0.4, -0.2) is 41.5 Å². The lowest BCUT2D eigenvalue weighted by atomic mass is 9.85. The van der Waals surface area contributed by atoms with Gasteiger partial charge >= 0.3 is 36.6 Å². The van der Waals surface area contributed by atoms with E-state index in [9.17, 15) is 76.7 Å².